The smallest absolute Gasteiger partial charge is 0.338 e. The summed E-state index contributed by atoms with van der Waals surface area (Å²) >= 11 is 1.13. The van der Waals surface area contributed by atoms with Crippen LogP contribution in [0.2, 0.25) is 0 Å². The van der Waals surface area contributed by atoms with Crippen LogP contribution in [0.15, 0.2) is 105 Å². The van der Waals surface area contributed by atoms with Gasteiger partial charge in [-0.25, -0.2) is 19.0 Å². The fraction of sp³-hybridized carbons (Fsp3) is 0.118. The number of benzene rings is 3. The quantitative estimate of drug-likeness (QED) is 0.250. The molecule has 0 spiro atoms. The van der Waals surface area contributed by atoms with Crippen LogP contribution >= 0.6 is 11.3 Å². The van der Waals surface area contributed by atoms with Crippen LogP contribution in [0, 0.1) is 12.7 Å². The number of nitrogens with zero attached hydrogens (tertiary/aromatic N) is 2. The first-order chi connectivity index (χ1) is 21.3. The number of aromatic carboxylic acids is 1. The number of esters is 1. The molecule has 6 rings (SSSR count). The van der Waals surface area contributed by atoms with Crippen LogP contribution in [0.5, 0.6) is 0 Å². The van der Waals surface area contributed by atoms with Gasteiger partial charge in [0.05, 0.1) is 34.0 Å². The Balaban J connectivity index is 1.54. The summed E-state index contributed by atoms with van der Waals surface area (Å²) in [7, 11) is 0. The molecule has 1 aliphatic rings. The number of aromatic nitrogens is 1. The monoisotopic (exact) mass is 608 g/mol. The van der Waals surface area contributed by atoms with E-state index in [1.165, 1.54) is 34.9 Å². The van der Waals surface area contributed by atoms with E-state index in [1.54, 1.807) is 44.2 Å². The van der Waals surface area contributed by atoms with Crippen molar-refractivity contribution < 1.29 is 28.2 Å². The molecule has 8 nitrogen and oxygen atoms in total. The van der Waals surface area contributed by atoms with Gasteiger partial charge in [-0.2, -0.15) is 0 Å². The van der Waals surface area contributed by atoms with Crippen molar-refractivity contribution in [3.05, 3.63) is 144 Å². The number of rotatable bonds is 7. The molecule has 2 aromatic heterocycles. The number of carboxylic acids is 1. The minimum Gasteiger partial charge on any atom is -0.478 e. The van der Waals surface area contributed by atoms with Crippen molar-refractivity contribution in [3.8, 4) is 11.3 Å². The van der Waals surface area contributed by atoms with E-state index in [2.05, 4.69) is 0 Å². The van der Waals surface area contributed by atoms with Crippen molar-refractivity contribution >= 4 is 35.0 Å². The minimum absolute atomic E-state index is 0.112. The number of ether oxygens (including phenoxy) is 1. The van der Waals surface area contributed by atoms with Crippen molar-refractivity contribution in [2.45, 2.75) is 19.9 Å². The fourth-order valence-corrected chi connectivity index (χ4v) is 6.22. The summed E-state index contributed by atoms with van der Waals surface area (Å²) in [4.78, 5) is 44.3. The van der Waals surface area contributed by atoms with Gasteiger partial charge in [-0.1, -0.05) is 65.9 Å². The third-order valence-electron chi connectivity index (χ3n) is 7.29. The highest BCUT2D eigenvalue weighted by molar-refractivity contribution is 7.07. The van der Waals surface area contributed by atoms with Gasteiger partial charge in [-0.15, -0.1) is 0 Å². The molecule has 1 N–H and O–H groups in total. The molecule has 44 heavy (non-hydrogen) atoms. The van der Waals surface area contributed by atoms with Gasteiger partial charge in [0.25, 0.3) is 5.56 Å². The van der Waals surface area contributed by atoms with Gasteiger partial charge in [-0.05, 0) is 55.3 Å². The molecule has 3 aromatic carbocycles. The van der Waals surface area contributed by atoms with Gasteiger partial charge in [0, 0.05) is 17.2 Å². The SMILES string of the molecule is CCOC(=O)C1=C(c2ccccc2)N=c2s/c(=C\c3ccc(-c4cccc(C(=O)O)c4C)o3)c(=O)n2[C@H]1c1ccc(F)cc1. The highest BCUT2D eigenvalue weighted by Crippen LogP contribution is 2.35. The first-order valence-electron chi connectivity index (χ1n) is 13.7. The lowest BCUT2D eigenvalue weighted by molar-refractivity contribution is -0.138. The molecule has 0 saturated heterocycles. The first-order valence-corrected chi connectivity index (χ1v) is 14.6. The van der Waals surface area contributed by atoms with E-state index < -0.39 is 29.4 Å². The van der Waals surface area contributed by atoms with Crippen LogP contribution in [-0.4, -0.2) is 28.2 Å². The van der Waals surface area contributed by atoms with Crippen LogP contribution in [0.3, 0.4) is 0 Å². The van der Waals surface area contributed by atoms with Crippen LogP contribution in [-0.2, 0) is 9.53 Å². The number of hydrogen-bond donors (Lipinski definition) is 1. The molecule has 0 amide bonds. The molecule has 10 heteroatoms. The zero-order valence-electron chi connectivity index (χ0n) is 23.6. The maximum absolute atomic E-state index is 14.0. The molecule has 3 heterocycles. The Labute approximate surface area is 254 Å². The lowest BCUT2D eigenvalue weighted by atomic mass is 9.93. The van der Waals surface area contributed by atoms with Crippen LogP contribution in [0.1, 0.15) is 45.8 Å². The summed E-state index contributed by atoms with van der Waals surface area (Å²) in [5.41, 5.74) is 2.63. The van der Waals surface area contributed by atoms with E-state index in [1.807, 2.05) is 30.3 Å². The van der Waals surface area contributed by atoms with Crippen LogP contribution < -0.4 is 14.9 Å². The van der Waals surface area contributed by atoms with E-state index in [4.69, 9.17) is 14.1 Å². The Morgan fingerprint density at radius 2 is 1.80 bits per heavy atom. The molecule has 220 valence electrons. The molecule has 0 saturated carbocycles. The average molecular weight is 609 g/mol. The minimum atomic E-state index is -1.04. The third-order valence-corrected chi connectivity index (χ3v) is 8.27. The topological polar surface area (TPSA) is 111 Å². The van der Waals surface area contributed by atoms with Gasteiger partial charge >= 0.3 is 11.9 Å². The molecule has 1 atom stereocenters. The standard InChI is InChI=1S/C34H25FN2O6S/c1-3-42-33(41)28-29(20-8-5-4-6-9-20)36-34-37(30(28)21-12-14-22(35)15-13-21)31(38)27(44-34)18-23-16-17-26(43-23)24-10-7-11-25(19(24)2)32(39)40/h4-18,30H,3H2,1-2H3,(H,39,40)/b27-18-/t30-/m0/s1. The highest BCUT2D eigenvalue weighted by atomic mass is 32.1. The summed E-state index contributed by atoms with van der Waals surface area (Å²) < 4.78 is 27.2. The van der Waals surface area contributed by atoms with Crippen molar-refractivity contribution in [2.75, 3.05) is 6.61 Å². The molecule has 1 aliphatic heterocycles. The number of furan rings is 1. The van der Waals surface area contributed by atoms with Crippen LogP contribution in [0.4, 0.5) is 4.39 Å². The van der Waals surface area contributed by atoms with Gasteiger partial charge in [0.2, 0.25) is 0 Å². The Bertz CT molecular complexity index is 2120. The summed E-state index contributed by atoms with van der Waals surface area (Å²) in [6.07, 6.45) is 1.58. The third kappa shape index (κ3) is 5.20. The Hall–Kier alpha value is -5.35. The largest absolute Gasteiger partial charge is 0.478 e. The molecule has 0 bridgehead atoms. The van der Waals surface area contributed by atoms with E-state index in [9.17, 15) is 23.9 Å². The second-order valence-corrected chi connectivity index (χ2v) is 11.0. The molecular formula is C34H25FN2O6S. The number of carboxylic acid groups (broad SMARTS) is 1. The molecule has 0 radical (unpaired) electrons. The number of carbonyl (C=O) groups excluding carboxylic acids is 1. The Morgan fingerprint density at radius 1 is 1.05 bits per heavy atom. The van der Waals surface area contributed by atoms with Gasteiger partial charge in [0.1, 0.15) is 17.3 Å². The summed E-state index contributed by atoms with van der Waals surface area (Å²) in [6.45, 7) is 3.51. The van der Waals surface area contributed by atoms with Crippen molar-refractivity contribution in [1.82, 2.24) is 4.57 Å². The number of carbonyl (C=O) groups is 2. The summed E-state index contributed by atoms with van der Waals surface area (Å²) in [5, 5.41) is 9.51. The molecular weight excluding hydrogens is 583 g/mol. The lowest BCUT2D eigenvalue weighted by Gasteiger charge is -2.25. The van der Waals surface area contributed by atoms with E-state index in [0.29, 0.717) is 48.8 Å². The fourth-order valence-electron chi connectivity index (χ4n) is 5.24. The maximum Gasteiger partial charge on any atom is 0.338 e. The number of fused-ring (bicyclic) bond motifs is 1. The van der Waals surface area contributed by atoms with E-state index >= 15 is 0 Å². The average Bonchev–Trinajstić information content (AvgIpc) is 3.61. The number of hydrogen-bond acceptors (Lipinski definition) is 7. The maximum atomic E-state index is 14.0. The highest BCUT2D eigenvalue weighted by Gasteiger charge is 2.35. The number of halogens is 1. The number of thiazole rings is 1. The predicted molar refractivity (Wildman–Crippen MR) is 163 cm³/mol. The van der Waals surface area contributed by atoms with E-state index in [-0.39, 0.29) is 17.7 Å². The normalized spacial score (nSPS) is 14.7. The zero-order valence-corrected chi connectivity index (χ0v) is 24.4. The molecule has 0 unspecified atom stereocenters. The first kappa shape index (κ1) is 28.8. The molecule has 0 fully saturated rings. The summed E-state index contributed by atoms with van der Waals surface area (Å²) in [5.74, 6) is -1.30. The van der Waals surface area contributed by atoms with Gasteiger partial charge in [0.15, 0.2) is 4.80 Å². The second kappa shape index (κ2) is 11.7. The van der Waals surface area contributed by atoms with Crippen molar-refractivity contribution in [2.24, 2.45) is 4.99 Å². The molecule has 0 aliphatic carbocycles. The predicted octanol–water partition coefficient (Wildman–Crippen LogP) is 5.34. The zero-order chi connectivity index (χ0) is 31.0. The van der Waals surface area contributed by atoms with Crippen molar-refractivity contribution in [1.29, 1.82) is 0 Å². The Morgan fingerprint density at radius 3 is 2.50 bits per heavy atom. The van der Waals surface area contributed by atoms with Gasteiger partial charge < -0.3 is 14.3 Å². The van der Waals surface area contributed by atoms with Gasteiger partial charge in [-0.3, -0.25) is 9.36 Å². The second-order valence-electron chi connectivity index (χ2n) is 9.97. The van der Waals surface area contributed by atoms with Crippen LogP contribution in [0.25, 0.3) is 23.1 Å². The molecule has 5 aromatic rings. The lowest BCUT2D eigenvalue weighted by Crippen LogP contribution is -2.40. The Kier molecular flexibility index (Phi) is 7.67. The van der Waals surface area contributed by atoms with Crippen molar-refractivity contribution in [3.63, 3.8) is 0 Å². The summed E-state index contributed by atoms with van der Waals surface area (Å²) in [6, 6.07) is 22.2. The van der Waals surface area contributed by atoms with E-state index in [0.717, 1.165) is 11.3 Å².